The number of nitriles is 1. The third kappa shape index (κ3) is 5.63. The van der Waals surface area contributed by atoms with Crippen LogP contribution < -0.4 is 10.2 Å². The van der Waals surface area contributed by atoms with Crippen molar-refractivity contribution in [1.29, 1.82) is 5.26 Å². The maximum atomic E-state index is 13.2. The number of halogens is 1. The van der Waals surface area contributed by atoms with Crippen LogP contribution in [0.4, 0.5) is 10.2 Å². The second-order valence-corrected chi connectivity index (χ2v) is 8.35. The summed E-state index contributed by atoms with van der Waals surface area (Å²) in [7, 11) is 0. The molecule has 170 valence electrons. The molecule has 0 saturated heterocycles. The van der Waals surface area contributed by atoms with Crippen LogP contribution in [0.2, 0.25) is 0 Å². The molecule has 7 heteroatoms. The summed E-state index contributed by atoms with van der Waals surface area (Å²) in [5.74, 6) is 0.689. The number of rotatable bonds is 11. The second-order valence-electron chi connectivity index (χ2n) is 8.35. The fourth-order valence-corrected chi connectivity index (χ4v) is 4.17. The molecule has 1 heterocycles. The molecule has 1 N–H and O–H groups in total. The number of benzene rings is 1. The van der Waals surface area contributed by atoms with Crippen LogP contribution in [0, 0.1) is 17.1 Å². The Morgan fingerprint density at radius 2 is 1.94 bits per heavy atom. The van der Waals surface area contributed by atoms with Gasteiger partial charge in [0.15, 0.2) is 0 Å². The lowest BCUT2D eigenvalue weighted by Gasteiger charge is -2.33. The van der Waals surface area contributed by atoms with Gasteiger partial charge in [0, 0.05) is 50.4 Å². The lowest BCUT2D eigenvalue weighted by molar-refractivity contribution is -0.131. The Hall–Kier alpha value is -2.98. The summed E-state index contributed by atoms with van der Waals surface area (Å²) in [5.41, 5.74) is 1.50. The Labute approximate surface area is 190 Å². The van der Waals surface area contributed by atoms with Gasteiger partial charge >= 0.3 is 0 Å². The van der Waals surface area contributed by atoms with E-state index < -0.39 is 0 Å². The maximum Gasteiger partial charge on any atom is 0.223 e. The van der Waals surface area contributed by atoms with Crippen molar-refractivity contribution in [2.45, 2.75) is 51.6 Å². The zero-order chi connectivity index (χ0) is 23.1. The van der Waals surface area contributed by atoms with Crippen molar-refractivity contribution in [3.63, 3.8) is 0 Å². The van der Waals surface area contributed by atoms with Crippen molar-refractivity contribution in [2.24, 2.45) is 0 Å². The molecule has 32 heavy (non-hydrogen) atoms. The molecule has 0 bridgehead atoms. The topological polar surface area (TPSA) is 72.3 Å². The predicted octanol–water partition coefficient (Wildman–Crippen LogP) is 3.82. The van der Waals surface area contributed by atoms with Crippen LogP contribution in [0.1, 0.15) is 51.2 Å². The summed E-state index contributed by atoms with van der Waals surface area (Å²) in [5, 5.41) is 12.5. The Morgan fingerprint density at radius 3 is 2.47 bits per heavy atom. The number of amides is 1. The van der Waals surface area contributed by atoms with Gasteiger partial charge in [0.05, 0.1) is 5.56 Å². The van der Waals surface area contributed by atoms with Gasteiger partial charge in [0.1, 0.15) is 17.7 Å². The van der Waals surface area contributed by atoms with Crippen LogP contribution in [0.5, 0.6) is 0 Å². The van der Waals surface area contributed by atoms with E-state index >= 15 is 0 Å². The first kappa shape index (κ1) is 23.7. The molecule has 1 amide bonds. The van der Waals surface area contributed by atoms with Gasteiger partial charge in [-0.3, -0.25) is 4.79 Å². The van der Waals surface area contributed by atoms with E-state index in [4.69, 9.17) is 5.26 Å². The monoisotopic (exact) mass is 437 g/mol. The first-order valence-corrected chi connectivity index (χ1v) is 11.3. The highest BCUT2D eigenvalue weighted by Gasteiger charge is 2.43. The second kappa shape index (κ2) is 10.6. The fraction of sp³-hybridized carbons (Fsp3) is 0.480. The Balaban J connectivity index is 1.53. The quantitative estimate of drug-likeness (QED) is 0.579. The van der Waals surface area contributed by atoms with Crippen LogP contribution in [0.3, 0.4) is 0 Å². The lowest BCUT2D eigenvalue weighted by atomic mass is 10.0. The molecule has 1 unspecified atom stereocenters. The summed E-state index contributed by atoms with van der Waals surface area (Å²) in [6, 6.07) is 12.4. The van der Waals surface area contributed by atoms with Gasteiger partial charge in [0.25, 0.3) is 0 Å². The van der Waals surface area contributed by atoms with Crippen LogP contribution in [0.15, 0.2) is 42.6 Å². The molecule has 1 saturated carbocycles. The van der Waals surface area contributed by atoms with Crippen molar-refractivity contribution < 1.29 is 9.18 Å². The van der Waals surface area contributed by atoms with Crippen LogP contribution in [-0.2, 0) is 10.3 Å². The van der Waals surface area contributed by atoms with Gasteiger partial charge in [-0.1, -0.05) is 12.1 Å². The molecule has 0 aliphatic heterocycles. The molecule has 1 aliphatic carbocycles. The lowest BCUT2D eigenvalue weighted by Crippen LogP contribution is -2.45. The molecule has 1 aromatic carbocycles. The third-order valence-electron chi connectivity index (χ3n) is 6.21. The van der Waals surface area contributed by atoms with E-state index in [0.29, 0.717) is 31.6 Å². The predicted molar refractivity (Wildman–Crippen MR) is 124 cm³/mol. The molecule has 0 radical (unpaired) electrons. The molecule has 1 fully saturated rings. The number of anilines is 1. The summed E-state index contributed by atoms with van der Waals surface area (Å²) >= 11 is 0. The summed E-state index contributed by atoms with van der Waals surface area (Å²) in [6.07, 6.45) is 4.01. The Kier molecular flexibility index (Phi) is 7.81. The van der Waals surface area contributed by atoms with E-state index in [9.17, 15) is 9.18 Å². The van der Waals surface area contributed by atoms with Crippen LogP contribution >= 0.6 is 0 Å². The number of carbonyl (C=O) groups excluding carboxylic acids is 1. The van der Waals surface area contributed by atoms with Gasteiger partial charge in [-0.25, -0.2) is 9.37 Å². The summed E-state index contributed by atoms with van der Waals surface area (Å²) in [4.78, 5) is 21.3. The molecule has 2 aromatic rings. The molecule has 3 rings (SSSR count). The van der Waals surface area contributed by atoms with Crippen LogP contribution in [0.25, 0.3) is 0 Å². The fourth-order valence-electron chi connectivity index (χ4n) is 4.17. The van der Waals surface area contributed by atoms with Crippen molar-refractivity contribution in [3.8, 4) is 6.07 Å². The highest BCUT2D eigenvalue weighted by Crippen LogP contribution is 2.45. The number of nitrogens with one attached hydrogen (secondary N) is 1. The summed E-state index contributed by atoms with van der Waals surface area (Å²) < 4.78 is 13.2. The number of pyridine rings is 1. The van der Waals surface area contributed by atoms with Gasteiger partial charge < -0.3 is 15.1 Å². The summed E-state index contributed by atoms with van der Waals surface area (Å²) in [6.45, 7) is 8.74. The van der Waals surface area contributed by atoms with Gasteiger partial charge in [-0.2, -0.15) is 5.26 Å². The highest BCUT2D eigenvalue weighted by atomic mass is 19.1. The van der Waals surface area contributed by atoms with E-state index in [1.54, 1.807) is 12.3 Å². The number of aromatic nitrogens is 1. The van der Waals surface area contributed by atoms with Crippen LogP contribution in [-0.4, -0.2) is 48.0 Å². The minimum absolute atomic E-state index is 0.0892. The smallest absolute Gasteiger partial charge is 0.223 e. The molecular formula is C25H32FN5O. The van der Waals surface area contributed by atoms with E-state index in [-0.39, 0.29) is 23.3 Å². The molecule has 1 atom stereocenters. The van der Waals surface area contributed by atoms with Crippen molar-refractivity contribution in [3.05, 3.63) is 59.5 Å². The van der Waals surface area contributed by atoms with Gasteiger partial charge in [0.2, 0.25) is 5.91 Å². The van der Waals surface area contributed by atoms with E-state index in [1.165, 1.54) is 12.1 Å². The molecular weight excluding hydrogens is 405 g/mol. The van der Waals surface area contributed by atoms with Crippen molar-refractivity contribution in [2.75, 3.05) is 31.1 Å². The van der Waals surface area contributed by atoms with Crippen molar-refractivity contribution in [1.82, 2.24) is 15.2 Å². The SMILES string of the molecule is CCN(CC(C)N(CC)c1ccc(C#N)cn1)C(=O)CCNC1(c2ccc(F)cc2)CC1. The molecule has 1 aromatic heterocycles. The Bertz CT molecular complexity index is 934. The zero-order valence-corrected chi connectivity index (χ0v) is 19.1. The average Bonchev–Trinajstić information content (AvgIpc) is 3.59. The normalized spacial score (nSPS) is 15.0. The minimum atomic E-state index is -0.232. The largest absolute Gasteiger partial charge is 0.352 e. The van der Waals surface area contributed by atoms with E-state index in [0.717, 1.165) is 30.8 Å². The highest BCUT2D eigenvalue weighted by molar-refractivity contribution is 5.76. The first-order chi connectivity index (χ1) is 15.4. The standard InChI is InChI=1S/C25H32FN5O/c1-4-30(18-19(3)31(5-2)23-11-6-20(16-27)17-28-23)24(32)12-15-29-25(13-14-25)21-7-9-22(26)10-8-21/h6-11,17,19,29H,4-5,12-15,18H2,1-3H3. The number of hydrogen-bond donors (Lipinski definition) is 1. The molecule has 6 nitrogen and oxygen atoms in total. The zero-order valence-electron chi connectivity index (χ0n) is 19.1. The van der Waals surface area contributed by atoms with Gasteiger partial charge in [-0.15, -0.1) is 0 Å². The maximum absolute atomic E-state index is 13.2. The third-order valence-corrected chi connectivity index (χ3v) is 6.21. The average molecular weight is 438 g/mol. The molecule has 0 spiro atoms. The molecule has 1 aliphatic rings. The number of nitrogens with zero attached hydrogens (tertiary/aromatic N) is 4. The number of likely N-dealkylation sites (N-methyl/N-ethyl adjacent to an activating group) is 2. The van der Waals surface area contributed by atoms with Crippen molar-refractivity contribution >= 4 is 11.7 Å². The van der Waals surface area contributed by atoms with E-state index in [1.807, 2.05) is 30.0 Å². The number of hydrogen-bond acceptors (Lipinski definition) is 5. The number of carbonyl (C=O) groups is 1. The van der Waals surface area contributed by atoms with E-state index in [2.05, 4.69) is 35.1 Å². The van der Waals surface area contributed by atoms with Gasteiger partial charge in [-0.05, 0) is 63.4 Å². The first-order valence-electron chi connectivity index (χ1n) is 11.3. The minimum Gasteiger partial charge on any atom is -0.352 e. The Morgan fingerprint density at radius 1 is 1.22 bits per heavy atom.